The number of carbonyl (C=O) groups excluding carboxylic acids is 1. The summed E-state index contributed by atoms with van der Waals surface area (Å²) in [4.78, 5) is 12.6. The van der Waals surface area contributed by atoms with E-state index in [9.17, 15) is 4.79 Å². The normalized spacial score (nSPS) is 33.7. The fourth-order valence-electron chi connectivity index (χ4n) is 8.41. The fourth-order valence-corrected chi connectivity index (χ4v) is 8.41. The van der Waals surface area contributed by atoms with Gasteiger partial charge in [-0.1, -0.05) is 60.3 Å². The molecule has 4 rings (SSSR count). The summed E-state index contributed by atoms with van der Waals surface area (Å²) in [6.45, 7) is 14.5. The van der Waals surface area contributed by atoms with Gasteiger partial charge in [0.15, 0.2) is 0 Å². The molecule has 3 aliphatic rings. The number of unbranched alkanes of at least 4 members (excludes halogenated alkanes) is 2. The van der Waals surface area contributed by atoms with Crippen LogP contribution in [0.15, 0.2) is 12.1 Å². The molecule has 3 nitrogen and oxygen atoms in total. The van der Waals surface area contributed by atoms with Crippen LogP contribution in [-0.4, -0.2) is 12.0 Å². The topological polar surface area (TPSA) is 52.3 Å². The Labute approximate surface area is 195 Å². The summed E-state index contributed by atoms with van der Waals surface area (Å²) < 4.78 is 5.80. The first-order valence-corrected chi connectivity index (χ1v) is 13.1. The van der Waals surface area contributed by atoms with Gasteiger partial charge < -0.3 is 10.5 Å². The van der Waals surface area contributed by atoms with Crippen LogP contribution in [0.5, 0.6) is 5.75 Å². The number of carbonyl (C=O) groups is 1. The number of rotatable bonds is 6. The van der Waals surface area contributed by atoms with Gasteiger partial charge in [-0.25, -0.2) is 4.79 Å². The summed E-state index contributed by atoms with van der Waals surface area (Å²) in [5, 5.41) is 0. The highest BCUT2D eigenvalue weighted by molar-refractivity contribution is 5.78. The van der Waals surface area contributed by atoms with Crippen LogP contribution in [-0.2, 0) is 16.6 Å². The van der Waals surface area contributed by atoms with Crippen molar-refractivity contribution in [1.29, 1.82) is 0 Å². The van der Waals surface area contributed by atoms with E-state index in [0.717, 1.165) is 31.6 Å². The lowest BCUT2D eigenvalue weighted by atomic mass is 9.43. The van der Waals surface area contributed by atoms with Gasteiger partial charge >= 0.3 is 5.97 Å². The summed E-state index contributed by atoms with van der Waals surface area (Å²) in [5.41, 5.74) is 11.4. The van der Waals surface area contributed by atoms with Crippen molar-refractivity contribution >= 4 is 5.97 Å². The van der Waals surface area contributed by atoms with Crippen LogP contribution in [0.1, 0.15) is 109 Å². The van der Waals surface area contributed by atoms with Crippen LogP contribution in [0.3, 0.4) is 0 Å². The predicted octanol–water partition coefficient (Wildman–Crippen LogP) is 6.86. The van der Waals surface area contributed by atoms with Crippen LogP contribution < -0.4 is 10.5 Å². The lowest BCUT2D eigenvalue weighted by molar-refractivity contribution is -0.136. The number of hydrogen-bond acceptors (Lipinski definition) is 3. The summed E-state index contributed by atoms with van der Waals surface area (Å²) in [6, 6.07) is 3.72. The minimum absolute atomic E-state index is 0.233. The Hall–Kier alpha value is -1.35. The molecule has 0 heterocycles. The van der Waals surface area contributed by atoms with Crippen molar-refractivity contribution in [3.8, 4) is 5.75 Å². The first kappa shape index (κ1) is 23.8. The Morgan fingerprint density at radius 1 is 1.12 bits per heavy atom. The lowest BCUT2D eigenvalue weighted by Gasteiger charge is -2.61. The van der Waals surface area contributed by atoms with E-state index in [1.807, 2.05) is 0 Å². The maximum absolute atomic E-state index is 12.6. The molecule has 0 amide bonds. The molecule has 0 spiro atoms. The number of fused-ring (bicyclic) bond motifs is 5. The SMILES string of the molecule is CCCCCC(N)C(=O)Oc1cc(C)c2c(c1)C[C@@H]1[C@@]3(C)CCCC(C)(C)[C@@H]3CC[C@@]21C. The Balaban J connectivity index is 1.58. The molecule has 2 N–H and O–H groups in total. The number of hydrogen-bond donors (Lipinski definition) is 1. The van der Waals surface area contributed by atoms with Gasteiger partial charge in [0, 0.05) is 0 Å². The standard InChI is InChI=1S/C29H45NO2/c1-7-8-9-11-22(30)26(31)32-21-16-19(2)25-20(17-21)18-24-28(5)14-10-13-27(3,4)23(28)12-15-29(24,25)6/h16-17,22-24H,7-15,18,30H2,1-6H3/t22?,23-,24+,28-,29+/m0/s1. The molecule has 3 heteroatoms. The van der Waals surface area contributed by atoms with Crippen molar-refractivity contribution in [1.82, 2.24) is 0 Å². The van der Waals surface area contributed by atoms with Crippen LogP contribution in [0.2, 0.25) is 0 Å². The van der Waals surface area contributed by atoms with Crippen LogP contribution in [0.25, 0.3) is 0 Å². The number of benzene rings is 1. The summed E-state index contributed by atoms with van der Waals surface area (Å²) >= 11 is 0. The smallest absolute Gasteiger partial charge is 0.328 e. The van der Waals surface area contributed by atoms with E-state index in [2.05, 4.69) is 53.7 Å². The van der Waals surface area contributed by atoms with Crippen LogP contribution in [0, 0.1) is 29.6 Å². The number of esters is 1. The van der Waals surface area contributed by atoms with Gasteiger partial charge in [0.25, 0.3) is 0 Å². The molecular formula is C29H45NO2. The molecule has 2 saturated carbocycles. The number of nitrogens with two attached hydrogens (primary N) is 1. The third-order valence-corrected chi connectivity index (χ3v) is 9.82. The van der Waals surface area contributed by atoms with Crippen LogP contribution >= 0.6 is 0 Å². The molecule has 5 atom stereocenters. The molecule has 0 radical (unpaired) electrons. The molecule has 0 saturated heterocycles. The van der Waals surface area contributed by atoms with Crippen molar-refractivity contribution in [2.45, 2.75) is 117 Å². The third kappa shape index (κ3) is 3.83. The minimum atomic E-state index is -0.528. The summed E-state index contributed by atoms with van der Waals surface area (Å²) in [5.74, 6) is 1.87. The Kier molecular flexibility index (Phi) is 6.29. The first-order valence-electron chi connectivity index (χ1n) is 13.1. The maximum atomic E-state index is 12.6. The van der Waals surface area contributed by atoms with Crippen LogP contribution in [0.4, 0.5) is 0 Å². The molecule has 0 aliphatic heterocycles. The van der Waals surface area contributed by atoms with Gasteiger partial charge in [-0.3, -0.25) is 0 Å². The van der Waals surface area contributed by atoms with E-state index in [1.54, 1.807) is 0 Å². The molecule has 1 aromatic rings. The van der Waals surface area contributed by atoms with E-state index in [-0.39, 0.29) is 11.4 Å². The van der Waals surface area contributed by atoms with Gasteiger partial charge in [0.05, 0.1) is 0 Å². The molecular weight excluding hydrogens is 394 g/mol. The third-order valence-electron chi connectivity index (χ3n) is 9.82. The zero-order valence-corrected chi connectivity index (χ0v) is 21.4. The van der Waals surface area contributed by atoms with E-state index in [4.69, 9.17) is 10.5 Å². The summed E-state index contributed by atoms with van der Waals surface area (Å²) in [6.07, 6.45) is 11.7. The molecule has 178 valence electrons. The van der Waals surface area contributed by atoms with Crippen molar-refractivity contribution in [2.24, 2.45) is 28.4 Å². The second kappa shape index (κ2) is 8.46. The van der Waals surface area contributed by atoms with Crippen molar-refractivity contribution < 1.29 is 9.53 Å². The highest BCUT2D eigenvalue weighted by atomic mass is 16.5. The van der Waals surface area contributed by atoms with Gasteiger partial charge in [-0.05, 0) is 102 Å². The first-order chi connectivity index (χ1) is 15.0. The largest absolute Gasteiger partial charge is 0.425 e. The van der Waals surface area contributed by atoms with Crippen molar-refractivity contribution in [2.75, 3.05) is 0 Å². The number of aryl methyl sites for hydroxylation is 1. The highest BCUT2D eigenvalue weighted by Crippen LogP contribution is 2.67. The monoisotopic (exact) mass is 439 g/mol. The number of ether oxygens (including phenoxy) is 1. The van der Waals surface area contributed by atoms with E-state index >= 15 is 0 Å². The maximum Gasteiger partial charge on any atom is 0.328 e. The predicted molar refractivity (Wildman–Crippen MR) is 132 cm³/mol. The van der Waals surface area contributed by atoms with Crippen molar-refractivity contribution in [3.05, 3.63) is 28.8 Å². The molecule has 0 bridgehead atoms. The van der Waals surface area contributed by atoms with Gasteiger partial charge in [0.2, 0.25) is 0 Å². The van der Waals surface area contributed by atoms with E-state index < -0.39 is 6.04 Å². The minimum Gasteiger partial charge on any atom is -0.425 e. The Morgan fingerprint density at radius 3 is 2.59 bits per heavy atom. The quantitative estimate of drug-likeness (QED) is 0.299. The van der Waals surface area contributed by atoms with E-state index in [1.165, 1.54) is 48.8 Å². The zero-order chi connectivity index (χ0) is 23.3. The Bertz CT molecular complexity index is 874. The molecule has 32 heavy (non-hydrogen) atoms. The highest BCUT2D eigenvalue weighted by Gasteiger charge is 2.61. The molecule has 1 unspecified atom stereocenters. The van der Waals surface area contributed by atoms with E-state index in [0.29, 0.717) is 28.9 Å². The fraction of sp³-hybridized carbons (Fsp3) is 0.759. The van der Waals surface area contributed by atoms with Gasteiger partial charge in [-0.15, -0.1) is 0 Å². The second-order valence-electron chi connectivity index (χ2n) is 12.4. The summed E-state index contributed by atoms with van der Waals surface area (Å²) in [7, 11) is 0. The second-order valence-corrected chi connectivity index (χ2v) is 12.4. The molecule has 3 aliphatic carbocycles. The molecule has 1 aromatic carbocycles. The van der Waals surface area contributed by atoms with Gasteiger partial charge in [-0.2, -0.15) is 0 Å². The van der Waals surface area contributed by atoms with Gasteiger partial charge in [0.1, 0.15) is 11.8 Å². The van der Waals surface area contributed by atoms with Crippen molar-refractivity contribution in [3.63, 3.8) is 0 Å². The molecule has 2 fully saturated rings. The zero-order valence-electron chi connectivity index (χ0n) is 21.4. The Morgan fingerprint density at radius 2 is 1.88 bits per heavy atom. The average molecular weight is 440 g/mol. The lowest BCUT2D eigenvalue weighted by Crippen LogP contribution is -2.55. The average Bonchev–Trinajstić information content (AvgIpc) is 3.01. The molecule has 0 aromatic heterocycles.